The van der Waals surface area contributed by atoms with Crippen LogP contribution in [0.15, 0.2) is 18.2 Å². The van der Waals surface area contributed by atoms with Crippen LogP contribution in [0.5, 0.6) is 5.75 Å². The first-order valence-electron chi connectivity index (χ1n) is 6.20. The molecule has 0 saturated heterocycles. The van der Waals surface area contributed by atoms with Crippen LogP contribution < -0.4 is 0 Å². The van der Waals surface area contributed by atoms with E-state index in [1.165, 1.54) is 0 Å². The summed E-state index contributed by atoms with van der Waals surface area (Å²) in [5.74, 6) is 0.730. The van der Waals surface area contributed by atoms with Crippen LogP contribution in [-0.2, 0) is 6.42 Å². The number of hydrogen-bond donors (Lipinski definition) is 2. The van der Waals surface area contributed by atoms with Gasteiger partial charge in [-0.3, -0.25) is 0 Å². The van der Waals surface area contributed by atoms with Crippen molar-refractivity contribution < 1.29 is 10.2 Å². The molecule has 88 valence electrons. The zero-order valence-corrected chi connectivity index (χ0v) is 9.82. The van der Waals surface area contributed by atoms with Crippen molar-refractivity contribution in [3.05, 3.63) is 29.3 Å². The summed E-state index contributed by atoms with van der Waals surface area (Å²) in [6.45, 7) is 2.08. The number of rotatable bonds is 2. The molecule has 16 heavy (non-hydrogen) atoms. The lowest BCUT2D eigenvalue weighted by Crippen LogP contribution is -2.18. The molecule has 0 radical (unpaired) electrons. The summed E-state index contributed by atoms with van der Waals surface area (Å²) in [5, 5.41) is 19.6. The minimum atomic E-state index is -0.191. The zero-order chi connectivity index (χ0) is 11.5. The SMILES string of the molecule is CCc1ccc(C2CCCC(O)C2)c(O)c1. The Balaban J connectivity index is 2.19. The van der Waals surface area contributed by atoms with Gasteiger partial charge < -0.3 is 10.2 Å². The molecule has 1 aromatic rings. The van der Waals surface area contributed by atoms with E-state index in [2.05, 4.69) is 13.0 Å². The van der Waals surface area contributed by atoms with Gasteiger partial charge in [0.15, 0.2) is 0 Å². The van der Waals surface area contributed by atoms with Crippen LogP contribution in [0.1, 0.15) is 49.7 Å². The summed E-state index contributed by atoms with van der Waals surface area (Å²) in [5.41, 5.74) is 2.17. The lowest BCUT2D eigenvalue weighted by Gasteiger charge is -2.26. The number of aromatic hydroxyl groups is 1. The molecular formula is C14H20O2. The molecule has 1 saturated carbocycles. The fourth-order valence-electron chi connectivity index (χ4n) is 2.60. The molecule has 0 heterocycles. The summed E-state index contributed by atoms with van der Waals surface area (Å²) in [7, 11) is 0. The van der Waals surface area contributed by atoms with E-state index in [9.17, 15) is 10.2 Å². The van der Waals surface area contributed by atoms with Crippen LogP contribution in [0.25, 0.3) is 0 Å². The van der Waals surface area contributed by atoms with Crippen LogP contribution in [-0.4, -0.2) is 16.3 Å². The molecule has 2 nitrogen and oxygen atoms in total. The molecule has 0 spiro atoms. The van der Waals surface area contributed by atoms with Crippen molar-refractivity contribution in [2.24, 2.45) is 0 Å². The van der Waals surface area contributed by atoms with Crippen LogP contribution in [0.2, 0.25) is 0 Å². The maximum absolute atomic E-state index is 9.98. The van der Waals surface area contributed by atoms with Crippen molar-refractivity contribution in [3.8, 4) is 5.75 Å². The Labute approximate surface area is 96.9 Å². The predicted octanol–water partition coefficient (Wildman–Crippen LogP) is 2.97. The van der Waals surface area contributed by atoms with Crippen molar-refractivity contribution in [3.63, 3.8) is 0 Å². The highest BCUT2D eigenvalue weighted by Gasteiger charge is 2.23. The van der Waals surface area contributed by atoms with Crippen molar-refractivity contribution >= 4 is 0 Å². The minimum absolute atomic E-state index is 0.191. The highest BCUT2D eigenvalue weighted by Crippen LogP contribution is 2.37. The summed E-state index contributed by atoms with van der Waals surface area (Å²) in [4.78, 5) is 0. The summed E-state index contributed by atoms with van der Waals surface area (Å²) in [6, 6.07) is 5.96. The molecule has 1 aromatic carbocycles. The zero-order valence-electron chi connectivity index (χ0n) is 9.82. The maximum atomic E-state index is 9.98. The number of hydrogen-bond acceptors (Lipinski definition) is 2. The van der Waals surface area contributed by atoms with Gasteiger partial charge in [-0.15, -0.1) is 0 Å². The molecule has 1 aliphatic carbocycles. The molecule has 2 N–H and O–H groups in total. The van der Waals surface area contributed by atoms with Crippen molar-refractivity contribution in [2.75, 3.05) is 0 Å². The van der Waals surface area contributed by atoms with Crippen LogP contribution in [0, 0.1) is 0 Å². The first-order chi connectivity index (χ1) is 7.70. The van der Waals surface area contributed by atoms with E-state index < -0.39 is 0 Å². The van der Waals surface area contributed by atoms with E-state index in [0.29, 0.717) is 11.7 Å². The van der Waals surface area contributed by atoms with Crippen LogP contribution in [0.3, 0.4) is 0 Å². The van der Waals surface area contributed by atoms with Gasteiger partial charge in [0.1, 0.15) is 5.75 Å². The van der Waals surface area contributed by atoms with Crippen molar-refractivity contribution in [1.82, 2.24) is 0 Å². The third-order valence-electron chi connectivity index (χ3n) is 3.59. The molecule has 1 fully saturated rings. The van der Waals surface area contributed by atoms with Crippen LogP contribution >= 0.6 is 0 Å². The third-order valence-corrected chi connectivity index (χ3v) is 3.59. The Bertz CT molecular complexity index is 360. The molecule has 0 bridgehead atoms. The lowest BCUT2D eigenvalue weighted by molar-refractivity contribution is 0.119. The largest absolute Gasteiger partial charge is 0.508 e. The number of phenols is 1. The Morgan fingerprint density at radius 1 is 1.31 bits per heavy atom. The second-order valence-electron chi connectivity index (χ2n) is 4.76. The molecule has 2 unspecified atom stereocenters. The third kappa shape index (κ3) is 2.38. The van der Waals surface area contributed by atoms with E-state index >= 15 is 0 Å². The number of aliphatic hydroxyl groups is 1. The van der Waals surface area contributed by atoms with Gasteiger partial charge in [0.2, 0.25) is 0 Å². The van der Waals surface area contributed by atoms with Gasteiger partial charge in [0, 0.05) is 0 Å². The average Bonchev–Trinajstić information content (AvgIpc) is 2.28. The van der Waals surface area contributed by atoms with Gasteiger partial charge in [-0.25, -0.2) is 0 Å². The van der Waals surface area contributed by atoms with E-state index in [1.54, 1.807) is 0 Å². The fourth-order valence-corrected chi connectivity index (χ4v) is 2.60. The van der Waals surface area contributed by atoms with Crippen LogP contribution in [0.4, 0.5) is 0 Å². The quantitative estimate of drug-likeness (QED) is 0.804. The van der Waals surface area contributed by atoms with E-state index in [4.69, 9.17) is 0 Å². The standard InChI is InChI=1S/C14H20O2/c1-2-10-6-7-13(14(16)8-10)11-4-3-5-12(15)9-11/h6-8,11-12,15-16H,2-5,9H2,1H3. The number of benzene rings is 1. The normalized spacial score (nSPS) is 25.6. The molecule has 1 aliphatic rings. The molecule has 0 aromatic heterocycles. The number of phenolic OH excluding ortho intramolecular Hbond substituents is 1. The monoisotopic (exact) mass is 220 g/mol. The highest BCUT2D eigenvalue weighted by molar-refractivity contribution is 5.39. The van der Waals surface area contributed by atoms with Gasteiger partial charge in [-0.1, -0.05) is 25.5 Å². The average molecular weight is 220 g/mol. The number of aliphatic hydroxyl groups excluding tert-OH is 1. The second-order valence-corrected chi connectivity index (χ2v) is 4.76. The molecule has 0 amide bonds. The summed E-state index contributed by atoms with van der Waals surface area (Å²) in [6.07, 6.45) is 4.59. The van der Waals surface area contributed by atoms with Crippen molar-refractivity contribution in [1.29, 1.82) is 0 Å². The number of aryl methyl sites for hydroxylation is 1. The molecule has 0 aliphatic heterocycles. The van der Waals surface area contributed by atoms with E-state index in [0.717, 1.165) is 43.2 Å². The topological polar surface area (TPSA) is 40.5 Å². The highest BCUT2D eigenvalue weighted by atomic mass is 16.3. The van der Waals surface area contributed by atoms with Gasteiger partial charge in [0.05, 0.1) is 6.10 Å². The maximum Gasteiger partial charge on any atom is 0.119 e. The molecule has 2 rings (SSSR count). The minimum Gasteiger partial charge on any atom is -0.508 e. The van der Waals surface area contributed by atoms with E-state index in [-0.39, 0.29) is 6.10 Å². The fraction of sp³-hybridized carbons (Fsp3) is 0.571. The van der Waals surface area contributed by atoms with Gasteiger partial charge >= 0.3 is 0 Å². The second kappa shape index (κ2) is 4.88. The van der Waals surface area contributed by atoms with Gasteiger partial charge in [0.25, 0.3) is 0 Å². The van der Waals surface area contributed by atoms with Crippen molar-refractivity contribution in [2.45, 2.75) is 51.0 Å². The Hall–Kier alpha value is -1.02. The van der Waals surface area contributed by atoms with Gasteiger partial charge in [-0.05, 0) is 48.8 Å². The Kier molecular flexibility index (Phi) is 3.49. The summed E-state index contributed by atoms with van der Waals surface area (Å²) >= 11 is 0. The predicted molar refractivity (Wildman–Crippen MR) is 64.7 cm³/mol. The Morgan fingerprint density at radius 3 is 2.75 bits per heavy atom. The lowest BCUT2D eigenvalue weighted by atomic mass is 9.82. The molecule has 2 atom stereocenters. The molecule has 2 heteroatoms. The first kappa shape index (κ1) is 11.5. The smallest absolute Gasteiger partial charge is 0.119 e. The van der Waals surface area contributed by atoms with Gasteiger partial charge in [-0.2, -0.15) is 0 Å². The molecular weight excluding hydrogens is 200 g/mol. The van der Waals surface area contributed by atoms with E-state index in [1.807, 2.05) is 12.1 Å². The summed E-state index contributed by atoms with van der Waals surface area (Å²) < 4.78 is 0. The Morgan fingerprint density at radius 2 is 2.12 bits per heavy atom. The first-order valence-corrected chi connectivity index (χ1v) is 6.20.